The summed E-state index contributed by atoms with van der Waals surface area (Å²) >= 11 is 1.81. The number of nitrogens with zero attached hydrogens (tertiary/aromatic N) is 4. The normalized spacial score (nSPS) is 11.9. The van der Waals surface area contributed by atoms with Crippen LogP contribution in [0.2, 0.25) is 0 Å². The van der Waals surface area contributed by atoms with Crippen molar-refractivity contribution in [3.8, 4) is 56.4 Å². The second kappa shape index (κ2) is 15.0. The maximum absolute atomic E-state index is 5.40. The summed E-state index contributed by atoms with van der Waals surface area (Å²) in [5, 5.41) is 9.80. The number of aromatic nitrogens is 4. The lowest BCUT2D eigenvalue weighted by molar-refractivity contribution is 1.17. The maximum Gasteiger partial charge on any atom is 0.161 e. The molecular weight excluding hydrogens is 833 g/mol. The van der Waals surface area contributed by atoms with E-state index in [2.05, 4.69) is 240 Å². The molecule has 4 aromatic heterocycles. The molecular formula is C62H38N4S. The van der Waals surface area contributed by atoms with Gasteiger partial charge < -0.3 is 9.13 Å². The molecule has 5 heteroatoms. The smallest absolute Gasteiger partial charge is 0.161 e. The van der Waals surface area contributed by atoms with Crippen molar-refractivity contribution in [3.05, 3.63) is 231 Å². The van der Waals surface area contributed by atoms with Crippen molar-refractivity contribution < 1.29 is 0 Å². The zero-order valence-electron chi connectivity index (χ0n) is 36.1. The van der Waals surface area contributed by atoms with Crippen LogP contribution in [0.1, 0.15) is 0 Å². The second-order valence-electron chi connectivity index (χ2n) is 17.3. The molecule has 0 aliphatic heterocycles. The van der Waals surface area contributed by atoms with Crippen LogP contribution in [0.5, 0.6) is 0 Å². The molecule has 4 heterocycles. The Morgan fingerprint density at radius 1 is 0.328 bits per heavy atom. The lowest BCUT2D eigenvalue weighted by atomic mass is 9.99. The Morgan fingerprint density at radius 2 is 0.881 bits per heavy atom. The van der Waals surface area contributed by atoms with Crippen molar-refractivity contribution >= 4 is 85.9 Å². The lowest BCUT2D eigenvalue weighted by Gasteiger charge is -2.14. The molecule has 14 aromatic rings. The summed E-state index contributed by atoms with van der Waals surface area (Å²) in [6, 6.07) is 83.3. The van der Waals surface area contributed by atoms with Gasteiger partial charge in [0, 0.05) is 69.8 Å². The molecule has 0 bridgehead atoms. The van der Waals surface area contributed by atoms with Crippen molar-refractivity contribution in [2.24, 2.45) is 0 Å². The molecule has 0 unspecified atom stereocenters. The van der Waals surface area contributed by atoms with Gasteiger partial charge in [0.25, 0.3) is 0 Å². The van der Waals surface area contributed by atoms with Gasteiger partial charge in [-0.3, -0.25) is 0 Å². The van der Waals surface area contributed by atoms with Crippen molar-refractivity contribution in [2.45, 2.75) is 0 Å². The van der Waals surface area contributed by atoms with Crippen molar-refractivity contribution in [1.82, 2.24) is 19.1 Å². The Balaban J connectivity index is 1.03. The molecule has 4 nitrogen and oxygen atoms in total. The summed E-state index contributed by atoms with van der Waals surface area (Å²) in [6.45, 7) is 0. The van der Waals surface area contributed by atoms with Crippen LogP contribution in [0.25, 0.3) is 131 Å². The summed E-state index contributed by atoms with van der Waals surface area (Å²) in [5.74, 6) is 0.705. The van der Waals surface area contributed by atoms with E-state index in [1.165, 1.54) is 74.6 Å². The van der Waals surface area contributed by atoms with Gasteiger partial charge in [-0.1, -0.05) is 158 Å². The van der Waals surface area contributed by atoms with Gasteiger partial charge in [0.15, 0.2) is 5.82 Å². The number of fused-ring (bicyclic) bond motifs is 11. The third kappa shape index (κ3) is 5.99. The van der Waals surface area contributed by atoms with Crippen molar-refractivity contribution in [1.29, 1.82) is 0 Å². The van der Waals surface area contributed by atoms with Crippen LogP contribution < -0.4 is 0 Å². The van der Waals surface area contributed by atoms with E-state index in [0.29, 0.717) is 5.82 Å². The van der Waals surface area contributed by atoms with Gasteiger partial charge in [-0.05, 0) is 94.7 Å². The van der Waals surface area contributed by atoms with E-state index in [4.69, 9.17) is 9.97 Å². The van der Waals surface area contributed by atoms with Gasteiger partial charge in [0.05, 0.1) is 33.5 Å². The van der Waals surface area contributed by atoms with Crippen LogP contribution in [-0.4, -0.2) is 19.1 Å². The molecule has 10 aromatic carbocycles. The SMILES string of the molecule is c1ccc(-c2cc(-c3ccccc3)nc(-c3cc(-n4c5ccc(-c6ccc7c(c6)c6ccccc6n7-c6ccccc6)cc5c5c6ccccc6ccc54)cc4c3sc3ccccc34)n2)cc1. The Labute approximate surface area is 389 Å². The quantitative estimate of drug-likeness (QED) is 0.167. The summed E-state index contributed by atoms with van der Waals surface area (Å²) in [4.78, 5) is 10.8. The minimum Gasteiger partial charge on any atom is -0.309 e. The summed E-state index contributed by atoms with van der Waals surface area (Å²) in [6.07, 6.45) is 0. The molecule has 0 N–H and O–H groups in total. The highest BCUT2D eigenvalue weighted by Gasteiger charge is 2.22. The summed E-state index contributed by atoms with van der Waals surface area (Å²) < 4.78 is 7.25. The zero-order chi connectivity index (χ0) is 44.0. The molecule has 67 heavy (non-hydrogen) atoms. The maximum atomic E-state index is 5.40. The van der Waals surface area contributed by atoms with E-state index in [1.807, 2.05) is 11.3 Å². The fourth-order valence-electron chi connectivity index (χ4n) is 10.4. The van der Waals surface area contributed by atoms with Gasteiger partial charge in [-0.2, -0.15) is 0 Å². The lowest BCUT2D eigenvalue weighted by Crippen LogP contribution is -1.99. The monoisotopic (exact) mass is 870 g/mol. The van der Waals surface area contributed by atoms with Crippen LogP contribution >= 0.6 is 11.3 Å². The number of hydrogen-bond acceptors (Lipinski definition) is 3. The predicted molar refractivity (Wildman–Crippen MR) is 283 cm³/mol. The number of rotatable bonds is 6. The molecule has 0 aliphatic carbocycles. The van der Waals surface area contributed by atoms with E-state index in [0.717, 1.165) is 50.5 Å². The molecule has 0 saturated heterocycles. The Bertz CT molecular complexity index is 4200. The highest BCUT2D eigenvalue weighted by Crippen LogP contribution is 2.45. The van der Waals surface area contributed by atoms with Gasteiger partial charge >= 0.3 is 0 Å². The Morgan fingerprint density at radius 3 is 1.61 bits per heavy atom. The van der Waals surface area contributed by atoms with Crippen molar-refractivity contribution in [3.63, 3.8) is 0 Å². The highest BCUT2D eigenvalue weighted by molar-refractivity contribution is 7.26. The number of hydrogen-bond donors (Lipinski definition) is 0. The first-order valence-electron chi connectivity index (χ1n) is 22.7. The molecule has 0 radical (unpaired) electrons. The molecule has 0 saturated carbocycles. The molecule has 0 atom stereocenters. The number of benzene rings is 10. The molecule has 312 valence electrons. The third-order valence-electron chi connectivity index (χ3n) is 13.5. The first-order valence-corrected chi connectivity index (χ1v) is 23.5. The first kappa shape index (κ1) is 37.7. The average molecular weight is 871 g/mol. The van der Waals surface area contributed by atoms with Crippen LogP contribution in [0.4, 0.5) is 0 Å². The standard InChI is InChI=1S/C62H38N4S/c1-4-17-40(18-5-1)53-38-54(41-19-6-2-7-20-41)64-62(63-53)52-37-45(36-50-48-25-13-15-27-59(48)67-61(50)52)66-57-32-30-43(35-51(57)60-46-23-11-10-16-39(46)28-33-58(60)66)42-29-31-56-49(34-42)47-24-12-14-26-55(47)65(56)44-21-8-3-9-22-44/h1-38H. The molecule has 0 amide bonds. The van der Waals surface area contributed by atoms with Gasteiger partial charge in [-0.25, -0.2) is 9.97 Å². The molecule has 0 spiro atoms. The number of para-hydroxylation sites is 2. The Hall–Kier alpha value is -8.64. The van der Waals surface area contributed by atoms with Gasteiger partial charge in [-0.15, -0.1) is 11.3 Å². The minimum absolute atomic E-state index is 0.705. The van der Waals surface area contributed by atoms with E-state index >= 15 is 0 Å². The highest BCUT2D eigenvalue weighted by atomic mass is 32.1. The van der Waals surface area contributed by atoms with Crippen LogP contribution in [-0.2, 0) is 0 Å². The van der Waals surface area contributed by atoms with Crippen LogP contribution in [0, 0.1) is 0 Å². The van der Waals surface area contributed by atoms with Crippen molar-refractivity contribution in [2.75, 3.05) is 0 Å². The fraction of sp³-hybridized carbons (Fsp3) is 0. The average Bonchev–Trinajstić information content (AvgIpc) is 4.06. The van der Waals surface area contributed by atoms with Gasteiger partial charge in [0.2, 0.25) is 0 Å². The summed E-state index contributed by atoms with van der Waals surface area (Å²) in [5.41, 5.74) is 14.2. The molecule has 0 fully saturated rings. The topological polar surface area (TPSA) is 35.6 Å². The van der Waals surface area contributed by atoms with Crippen LogP contribution in [0.15, 0.2) is 231 Å². The third-order valence-corrected chi connectivity index (χ3v) is 14.7. The Kier molecular flexibility index (Phi) is 8.42. The van der Waals surface area contributed by atoms with E-state index in [-0.39, 0.29) is 0 Å². The largest absolute Gasteiger partial charge is 0.309 e. The van der Waals surface area contributed by atoms with E-state index in [9.17, 15) is 0 Å². The van der Waals surface area contributed by atoms with E-state index in [1.54, 1.807) is 0 Å². The number of thiophene rings is 1. The molecule has 0 aliphatic rings. The summed E-state index contributed by atoms with van der Waals surface area (Å²) in [7, 11) is 0. The molecule has 14 rings (SSSR count). The van der Waals surface area contributed by atoms with Crippen LogP contribution in [0.3, 0.4) is 0 Å². The predicted octanol–water partition coefficient (Wildman–Crippen LogP) is 16.9. The second-order valence-corrected chi connectivity index (χ2v) is 18.4. The fourth-order valence-corrected chi connectivity index (χ4v) is 11.6. The first-order chi connectivity index (χ1) is 33.2. The van der Waals surface area contributed by atoms with E-state index < -0.39 is 0 Å². The minimum atomic E-state index is 0.705. The zero-order valence-corrected chi connectivity index (χ0v) is 37.0. The van der Waals surface area contributed by atoms with Gasteiger partial charge in [0.1, 0.15) is 0 Å².